The van der Waals surface area contributed by atoms with Crippen molar-refractivity contribution >= 4 is 17.5 Å². The minimum atomic E-state index is -0.0350. The van der Waals surface area contributed by atoms with Crippen molar-refractivity contribution in [1.82, 2.24) is 15.1 Å². The molecule has 1 atom stereocenters. The molecule has 0 aliphatic carbocycles. The largest absolute Gasteiger partial charge is 0.356 e. The Kier molecular flexibility index (Phi) is 5.87. The van der Waals surface area contributed by atoms with Crippen molar-refractivity contribution < 1.29 is 9.59 Å². The Hall–Kier alpha value is -2.63. The second-order valence-electron chi connectivity index (χ2n) is 8.81. The third-order valence-corrected chi connectivity index (χ3v) is 5.00. The van der Waals surface area contributed by atoms with Gasteiger partial charge >= 0.3 is 0 Å². The molecular weight excluding hydrogens is 352 g/mol. The van der Waals surface area contributed by atoms with Gasteiger partial charge in [0.05, 0.1) is 17.5 Å². The average molecular weight is 383 g/mol. The van der Waals surface area contributed by atoms with Gasteiger partial charge in [-0.1, -0.05) is 39.0 Å². The van der Waals surface area contributed by atoms with E-state index in [1.165, 1.54) is 6.92 Å². The lowest BCUT2D eigenvalue weighted by molar-refractivity contribution is -0.119. The molecule has 3 rings (SSSR count). The van der Waals surface area contributed by atoms with Gasteiger partial charge in [-0.3, -0.25) is 14.3 Å². The van der Waals surface area contributed by atoms with Gasteiger partial charge < -0.3 is 10.2 Å². The molecule has 0 radical (unpaired) electrons. The standard InChI is InChI=1S/C22H30N4O2/c1-16(27)23-13-17-10-11-26-20(12-17)19(14-24-26)21(28)25(15-22(2,3)4)18-8-6-5-7-9-18/h5-9,14,17H,10-13,15H2,1-4H3,(H,23,27). The molecule has 1 aliphatic rings. The molecule has 1 N–H and O–H groups in total. The lowest BCUT2D eigenvalue weighted by atomic mass is 9.93. The van der Waals surface area contributed by atoms with Gasteiger partial charge in [-0.2, -0.15) is 5.10 Å². The van der Waals surface area contributed by atoms with E-state index in [1.54, 1.807) is 6.20 Å². The fourth-order valence-corrected chi connectivity index (χ4v) is 3.65. The number of carbonyl (C=O) groups excluding carboxylic acids is 2. The van der Waals surface area contributed by atoms with E-state index in [0.717, 1.165) is 30.8 Å². The number of carbonyl (C=O) groups is 2. The summed E-state index contributed by atoms with van der Waals surface area (Å²) in [5.74, 6) is 0.297. The van der Waals surface area contributed by atoms with E-state index in [9.17, 15) is 9.59 Å². The second-order valence-corrected chi connectivity index (χ2v) is 8.81. The van der Waals surface area contributed by atoms with Crippen molar-refractivity contribution in [3.8, 4) is 0 Å². The molecule has 1 aromatic heterocycles. The van der Waals surface area contributed by atoms with E-state index in [1.807, 2.05) is 39.9 Å². The molecule has 28 heavy (non-hydrogen) atoms. The summed E-state index contributed by atoms with van der Waals surface area (Å²) in [7, 11) is 0. The summed E-state index contributed by atoms with van der Waals surface area (Å²) < 4.78 is 1.94. The first-order valence-corrected chi connectivity index (χ1v) is 9.90. The minimum absolute atomic E-state index is 0.0115. The highest BCUT2D eigenvalue weighted by atomic mass is 16.2. The number of fused-ring (bicyclic) bond motifs is 1. The van der Waals surface area contributed by atoms with E-state index >= 15 is 0 Å². The average Bonchev–Trinajstić information content (AvgIpc) is 3.07. The van der Waals surface area contributed by atoms with Crippen LogP contribution in [0.15, 0.2) is 36.5 Å². The van der Waals surface area contributed by atoms with Crippen LogP contribution in [-0.2, 0) is 17.8 Å². The van der Waals surface area contributed by atoms with Crippen LogP contribution in [0.1, 0.15) is 50.2 Å². The maximum atomic E-state index is 13.5. The van der Waals surface area contributed by atoms with Gasteiger partial charge in [0.15, 0.2) is 0 Å². The maximum absolute atomic E-state index is 13.5. The number of nitrogens with zero attached hydrogens (tertiary/aromatic N) is 3. The molecule has 2 heterocycles. The summed E-state index contributed by atoms with van der Waals surface area (Å²) in [6.07, 6.45) is 3.41. The fraction of sp³-hybridized carbons (Fsp3) is 0.500. The molecule has 0 saturated heterocycles. The zero-order chi connectivity index (χ0) is 20.3. The molecule has 6 heteroatoms. The second kappa shape index (κ2) is 8.17. The van der Waals surface area contributed by atoms with Gasteiger partial charge in [0.1, 0.15) is 0 Å². The third-order valence-electron chi connectivity index (χ3n) is 5.00. The highest BCUT2D eigenvalue weighted by molar-refractivity contribution is 6.06. The number of benzene rings is 1. The van der Waals surface area contributed by atoms with E-state index in [2.05, 4.69) is 31.2 Å². The van der Waals surface area contributed by atoms with Crippen molar-refractivity contribution in [3.63, 3.8) is 0 Å². The van der Waals surface area contributed by atoms with Gasteiger partial charge in [0.25, 0.3) is 5.91 Å². The Balaban J connectivity index is 1.87. The van der Waals surface area contributed by atoms with Gasteiger partial charge in [-0.15, -0.1) is 0 Å². The molecule has 2 aromatic rings. The molecule has 0 saturated carbocycles. The normalized spacial score (nSPS) is 16.4. The third kappa shape index (κ3) is 4.80. The fourth-order valence-electron chi connectivity index (χ4n) is 3.65. The number of anilines is 1. The lowest BCUT2D eigenvalue weighted by Crippen LogP contribution is -2.39. The van der Waals surface area contributed by atoms with Gasteiger partial charge in [-0.25, -0.2) is 0 Å². The van der Waals surface area contributed by atoms with Crippen LogP contribution in [0.5, 0.6) is 0 Å². The number of para-hydroxylation sites is 1. The number of rotatable bonds is 5. The van der Waals surface area contributed by atoms with Crippen LogP contribution in [0.4, 0.5) is 5.69 Å². The summed E-state index contributed by atoms with van der Waals surface area (Å²) in [6, 6.07) is 9.81. The van der Waals surface area contributed by atoms with E-state index in [4.69, 9.17) is 0 Å². The molecule has 6 nitrogen and oxygen atoms in total. The zero-order valence-electron chi connectivity index (χ0n) is 17.2. The number of hydrogen-bond acceptors (Lipinski definition) is 3. The van der Waals surface area contributed by atoms with Gasteiger partial charge in [0, 0.05) is 32.2 Å². The molecule has 0 bridgehead atoms. The monoisotopic (exact) mass is 382 g/mol. The maximum Gasteiger partial charge on any atom is 0.261 e. The first-order valence-electron chi connectivity index (χ1n) is 9.90. The smallest absolute Gasteiger partial charge is 0.261 e. The highest BCUT2D eigenvalue weighted by Crippen LogP contribution is 2.27. The molecule has 1 aliphatic heterocycles. The van der Waals surface area contributed by atoms with Crippen molar-refractivity contribution in [1.29, 1.82) is 0 Å². The van der Waals surface area contributed by atoms with Crippen LogP contribution in [0.2, 0.25) is 0 Å². The van der Waals surface area contributed by atoms with Gasteiger partial charge in [-0.05, 0) is 36.3 Å². The Morgan fingerprint density at radius 2 is 1.96 bits per heavy atom. The first-order chi connectivity index (χ1) is 13.2. The Labute approximate surface area is 166 Å². The SMILES string of the molecule is CC(=O)NCC1CCn2ncc(C(=O)N(CC(C)(C)C)c3ccccc3)c2C1. The lowest BCUT2D eigenvalue weighted by Gasteiger charge is -2.31. The molecule has 150 valence electrons. The predicted octanol–water partition coefficient (Wildman–Crippen LogP) is 3.27. The minimum Gasteiger partial charge on any atom is -0.356 e. The van der Waals surface area contributed by atoms with E-state index in [-0.39, 0.29) is 17.2 Å². The van der Waals surface area contributed by atoms with Crippen LogP contribution >= 0.6 is 0 Å². The van der Waals surface area contributed by atoms with Crippen LogP contribution in [0.3, 0.4) is 0 Å². The topological polar surface area (TPSA) is 67.2 Å². The zero-order valence-corrected chi connectivity index (χ0v) is 17.2. The number of aryl methyl sites for hydroxylation is 1. The van der Waals surface area contributed by atoms with Crippen LogP contribution < -0.4 is 10.2 Å². The summed E-state index contributed by atoms with van der Waals surface area (Å²) in [6.45, 7) is 9.96. The summed E-state index contributed by atoms with van der Waals surface area (Å²) in [4.78, 5) is 26.6. The number of aromatic nitrogens is 2. The van der Waals surface area contributed by atoms with E-state index < -0.39 is 0 Å². The van der Waals surface area contributed by atoms with Crippen molar-refractivity contribution in [2.75, 3.05) is 18.0 Å². The van der Waals surface area contributed by atoms with Gasteiger partial charge in [0.2, 0.25) is 5.91 Å². The molecular formula is C22H30N4O2. The summed E-state index contributed by atoms with van der Waals surface area (Å²) in [5, 5.41) is 7.36. The number of amides is 2. The summed E-state index contributed by atoms with van der Waals surface area (Å²) >= 11 is 0. The number of hydrogen-bond donors (Lipinski definition) is 1. The molecule has 2 amide bonds. The van der Waals surface area contributed by atoms with E-state index in [0.29, 0.717) is 24.6 Å². The van der Waals surface area contributed by atoms with Crippen molar-refractivity contribution in [2.24, 2.45) is 11.3 Å². The van der Waals surface area contributed by atoms with Crippen LogP contribution in [0, 0.1) is 11.3 Å². The Morgan fingerprint density at radius 1 is 1.25 bits per heavy atom. The molecule has 0 spiro atoms. The molecule has 1 unspecified atom stereocenters. The van der Waals surface area contributed by atoms with Crippen LogP contribution in [0.25, 0.3) is 0 Å². The van der Waals surface area contributed by atoms with Crippen molar-refractivity contribution in [2.45, 2.75) is 47.1 Å². The molecule has 1 aromatic carbocycles. The Morgan fingerprint density at radius 3 is 2.61 bits per heavy atom. The molecule has 0 fully saturated rings. The highest BCUT2D eigenvalue weighted by Gasteiger charge is 2.30. The first kappa shape index (κ1) is 20.1. The Bertz CT molecular complexity index is 836. The summed E-state index contributed by atoms with van der Waals surface area (Å²) in [5.41, 5.74) is 2.50. The van der Waals surface area contributed by atoms with Crippen LogP contribution in [-0.4, -0.2) is 34.7 Å². The quantitative estimate of drug-likeness (QED) is 0.863. The number of nitrogens with one attached hydrogen (secondary N) is 1. The van der Waals surface area contributed by atoms with Crippen molar-refractivity contribution in [3.05, 3.63) is 47.8 Å². The predicted molar refractivity (Wildman–Crippen MR) is 110 cm³/mol.